The maximum Gasteiger partial charge on any atom is 0.104 e. The summed E-state index contributed by atoms with van der Waals surface area (Å²) in [6.45, 7) is 2.15. The van der Waals surface area contributed by atoms with E-state index in [0.29, 0.717) is 0 Å². The van der Waals surface area contributed by atoms with Crippen LogP contribution in [0.4, 0.5) is 11.4 Å². The highest BCUT2D eigenvalue weighted by molar-refractivity contribution is 5.69. The summed E-state index contributed by atoms with van der Waals surface area (Å²) < 4.78 is 0. The summed E-state index contributed by atoms with van der Waals surface area (Å²) >= 11 is 0. The Labute approximate surface area is 126 Å². The van der Waals surface area contributed by atoms with Gasteiger partial charge in [-0.05, 0) is 42.5 Å². The molecule has 3 nitrogen and oxygen atoms in total. The summed E-state index contributed by atoms with van der Waals surface area (Å²) in [5.74, 6) is 0. The van der Waals surface area contributed by atoms with Gasteiger partial charge in [-0.25, -0.2) is 0 Å². The van der Waals surface area contributed by atoms with Crippen LogP contribution in [0.15, 0.2) is 48.5 Å². The van der Waals surface area contributed by atoms with E-state index in [4.69, 9.17) is 5.73 Å². The van der Waals surface area contributed by atoms with Crippen molar-refractivity contribution in [3.05, 3.63) is 59.7 Å². The van der Waals surface area contributed by atoms with E-state index >= 15 is 0 Å². The van der Waals surface area contributed by atoms with E-state index < -0.39 is 6.10 Å². The van der Waals surface area contributed by atoms with Crippen LogP contribution in [0.2, 0.25) is 0 Å². The van der Waals surface area contributed by atoms with Crippen LogP contribution in [0, 0.1) is 0 Å². The van der Waals surface area contributed by atoms with Crippen LogP contribution in [-0.2, 0) is 0 Å². The second-order valence-corrected chi connectivity index (χ2v) is 5.68. The highest BCUT2D eigenvalue weighted by Crippen LogP contribution is 2.31. The number of nitrogens with zero attached hydrogens (tertiary/aromatic N) is 1. The van der Waals surface area contributed by atoms with Crippen molar-refractivity contribution in [3.63, 3.8) is 0 Å². The Morgan fingerprint density at radius 1 is 0.905 bits per heavy atom. The summed E-state index contributed by atoms with van der Waals surface area (Å²) in [5.41, 5.74) is 9.80. The molecule has 1 heterocycles. The number of benzene rings is 2. The summed E-state index contributed by atoms with van der Waals surface area (Å²) in [6, 6.07) is 15.6. The molecule has 2 aromatic carbocycles. The predicted octanol–water partition coefficient (Wildman–Crippen LogP) is 3.34. The normalized spacial score (nSPS) is 16.7. The molecule has 21 heavy (non-hydrogen) atoms. The third-order valence-corrected chi connectivity index (χ3v) is 4.18. The number of hydrogen-bond acceptors (Lipinski definition) is 3. The minimum Gasteiger partial charge on any atom is -0.397 e. The van der Waals surface area contributed by atoms with Gasteiger partial charge in [0.15, 0.2) is 0 Å². The zero-order chi connectivity index (χ0) is 14.7. The molecule has 3 rings (SSSR count). The Balaban J connectivity index is 1.83. The Kier molecular flexibility index (Phi) is 4.11. The minimum absolute atomic E-state index is 0.621. The average molecular weight is 282 g/mol. The van der Waals surface area contributed by atoms with E-state index in [1.54, 1.807) is 0 Å². The first kappa shape index (κ1) is 14.0. The fraction of sp³-hybridized carbons (Fsp3) is 0.333. The fourth-order valence-corrected chi connectivity index (χ4v) is 2.99. The SMILES string of the molecule is Nc1cc([C@@H](O)c2ccccc2)ccc1N1CCCCC1. The largest absolute Gasteiger partial charge is 0.397 e. The van der Waals surface area contributed by atoms with Crippen LogP contribution in [0.5, 0.6) is 0 Å². The smallest absolute Gasteiger partial charge is 0.104 e. The van der Waals surface area contributed by atoms with Gasteiger partial charge in [0.1, 0.15) is 6.10 Å². The second kappa shape index (κ2) is 6.19. The van der Waals surface area contributed by atoms with Gasteiger partial charge in [0.05, 0.1) is 11.4 Å². The number of aliphatic hydroxyl groups excluding tert-OH is 1. The molecule has 0 unspecified atom stereocenters. The van der Waals surface area contributed by atoms with Gasteiger partial charge in [0, 0.05) is 13.1 Å². The van der Waals surface area contributed by atoms with Crippen molar-refractivity contribution in [2.75, 3.05) is 23.7 Å². The molecule has 0 radical (unpaired) electrons. The molecule has 1 aliphatic rings. The fourth-order valence-electron chi connectivity index (χ4n) is 2.99. The monoisotopic (exact) mass is 282 g/mol. The van der Waals surface area contributed by atoms with Crippen molar-refractivity contribution in [3.8, 4) is 0 Å². The lowest BCUT2D eigenvalue weighted by atomic mass is 10.00. The van der Waals surface area contributed by atoms with Crippen molar-refractivity contribution in [2.45, 2.75) is 25.4 Å². The molecule has 0 bridgehead atoms. The predicted molar refractivity (Wildman–Crippen MR) is 87.4 cm³/mol. The molecular formula is C18H22N2O. The molecule has 1 saturated heterocycles. The van der Waals surface area contributed by atoms with Gasteiger partial charge in [0.2, 0.25) is 0 Å². The number of piperidine rings is 1. The molecule has 0 spiro atoms. The van der Waals surface area contributed by atoms with Gasteiger partial charge in [-0.2, -0.15) is 0 Å². The van der Waals surface area contributed by atoms with Crippen LogP contribution < -0.4 is 10.6 Å². The zero-order valence-corrected chi connectivity index (χ0v) is 12.2. The first-order valence-electron chi connectivity index (χ1n) is 7.63. The van der Waals surface area contributed by atoms with Gasteiger partial charge in [-0.1, -0.05) is 36.4 Å². The number of nitrogens with two attached hydrogens (primary N) is 1. The van der Waals surface area contributed by atoms with Crippen molar-refractivity contribution in [2.24, 2.45) is 0 Å². The van der Waals surface area contributed by atoms with Crippen molar-refractivity contribution in [1.29, 1.82) is 0 Å². The van der Waals surface area contributed by atoms with Crippen molar-refractivity contribution < 1.29 is 5.11 Å². The number of anilines is 2. The topological polar surface area (TPSA) is 49.5 Å². The average Bonchev–Trinajstić information content (AvgIpc) is 2.55. The molecule has 0 saturated carbocycles. The first-order chi connectivity index (χ1) is 10.3. The zero-order valence-electron chi connectivity index (χ0n) is 12.2. The molecule has 1 atom stereocenters. The van der Waals surface area contributed by atoms with Crippen LogP contribution in [0.3, 0.4) is 0 Å². The summed E-state index contributed by atoms with van der Waals surface area (Å²) in [6.07, 6.45) is 3.15. The summed E-state index contributed by atoms with van der Waals surface area (Å²) in [5, 5.41) is 10.4. The minimum atomic E-state index is -0.621. The van der Waals surface area contributed by atoms with E-state index in [-0.39, 0.29) is 0 Å². The van der Waals surface area contributed by atoms with Crippen LogP contribution >= 0.6 is 0 Å². The van der Waals surface area contributed by atoms with Crippen LogP contribution in [0.1, 0.15) is 36.5 Å². The lowest BCUT2D eigenvalue weighted by molar-refractivity contribution is 0.220. The number of rotatable bonds is 3. The highest BCUT2D eigenvalue weighted by Gasteiger charge is 2.16. The molecule has 3 heteroatoms. The van der Waals surface area contributed by atoms with Crippen LogP contribution in [0.25, 0.3) is 0 Å². The lowest BCUT2D eigenvalue weighted by Crippen LogP contribution is -2.30. The number of hydrogen-bond donors (Lipinski definition) is 2. The van der Waals surface area contributed by atoms with Gasteiger partial charge in [-0.15, -0.1) is 0 Å². The molecule has 3 N–H and O–H groups in total. The Morgan fingerprint density at radius 2 is 1.62 bits per heavy atom. The standard InChI is InChI=1S/C18H22N2O/c19-16-13-15(18(21)14-7-3-1-4-8-14)9-10-17(16)20-11-5-2-6-12-20/h1,3-4,7-10,13,18,21H,2,5-6,11-12,19H2/t18-/m0/s1. The molecule has 1 aliphatic heterocycles. The molecule has 0 amide bonds. The Bertz CT molecular complexity index is 591. The number of nitrogen functional groups attached to an aromatic ring is 1. The quantitative estimate of drug-likeness (QED) is 0.849. The summed E-state index contributed by atoms with van der Waals surface area (Å²) in [4.78, 5) is 2.34. The van der Waals surface area contributed by atoms with Gasteiger partial charge in [0.25, 0.3) is 0 Å². The van der Waals surface area contributed by atoms with E-state index in [1.807, 2.05) is 48.5 Å². The maximum absolute atomic E-state index is 10.4. The highest BCUT2D eigenvalue weighted by atomic mass is 16.3. The summed E-state index contributed by atoms with van der Waals surface area (Å²) in [7, 11) is 0. The molecule has 110 valence electrons. The van der Waals surface area contributed by atoms with Crippen molar-refractivity contribution in [1.82, 2.24) is 0 Å². The molecule has 1 fully saturated rings. The van der Waals surface area contributed by atoms with E-state index in [0.717, 1.165) is 35.6 Å². The van der Waals surface area contributed by atoms with Gasteiger partial charge >= 0.3 is 0 Å². The second-order valence-electron chi connectivity index (χ2n) is 5.68. The first-order valence-corrected chi connectivity index (χ1v) is 7.63. The third-order valence-electron chi connectivity index (χ3n) is 4.18. The molecule has 0 aliphatic carbocycles. The maximum atomic E-state index is 10.4. The lowest BCUT2D eigenvalue weighted by Gasteiger charge is -2.30. The molecule has 2 aromatic rings. The Morgan fingerprint density at radius 3 is 2.29 bits per heavy atom. The van der Waals surface area contributed by atoms with Crippen LogP contribution in [-0.4, -0.2) is 18.2 Å². The van der Waals surface area contributed by atoms with Gasteiger partial charge < -0.3 is 15.7 Å². The third kappa shape index (κ3) is 3.03. The number of aliphatic hydroxyl groups is 1. The van der Waals surface area contributed by atoms with Crippen molar-refractivity contribution >= 4 is 11.4 Å². The van der Waals surface area contributed by atoms with Gasteiger partial charge in [-0.3, -0.25) is 0 Å². The van der Waals surface area contributed by atoms with E-state index in [2.05, 4.69) is 4.90 Å². The molecular weight excluding hydrogens is 260 g/mol. The Hall–Kier alpha value is -2.00. The van der Waals surface area contributed by atoms with E-state index in [1.165, 1.54) is 19.3 Å². The molecule has 0 aromatic heterocycles. The van der Waals surface area contributed by atoms with E-state index in [9.17, 15) is 5.11 Å².